The van der Waals surface area contributed by atoms with Gasteiger partial charge in [-0.3, -0.25) is 9.89 Å². The van der Waals surface area contributed by atoms with Gasteiger partial charge in [0.25, 0.3) is 0 Å². The fraction of sp³-hybridized carbons (Fsp3) is 0.500. The third kappa shape index (κ3) is 6.56. The molecule has 9 heteroatoms. The predicted molar refractivity (Wildman–Crippen MR) is 111 cm³/mol. The molecule has 1 aromatic carbocycles. The number of urea groups is 1. The van der Waals surface area contributed by atoms with Crippen LogP contribution in [0.2, 0.25) is 0 Å². The summed E-state index contributed by atoms with van der Waals surface area (Å²) in [5.41, 5.74) is 7.07. The Hall–Kier alpha value is -2.94. The van der Waals surface area contributed by atoms with Gasteiger partial charge in [0, 0.05) is 30.3 Å². The minimum atomic E-state index is -0.141. The van der Waals surface area contributed by atoms with Crippen molar-refractivity contribution in [3.8, 4) is 11.4 Å². The summed E-state index contributed by atoms with van der Waals surface area (Å²) >= 11 is 0. The molecule has 3 amide bonds. The summed E-state index contributed by atoms with van der Waals surface area (Å²) in [5, 5.41) is 15.6. The van der Waals surface area contributed by atoms with Crippen LogP contribution in [-0.4, -0.2) is 39.7 Å². The Morgan fingerprint density at radius 3 is 2.59 bits per heavy atom. The summed E-state index contributed by atoms with van der Waals surface area (Å²) in [6.07, 6.45) is 6.65. The lowest BCUT2D eigenvalue weighted by atomic mass is 9.96. The molecule has 1 aliphatic rings. The molecule has 3 rings (SSSR count). The fourth-order valence-corrected chi connectivity index (χ4v) is 3.38. The maximum atomic E-state index is 12.1. The van der Waals surface area contributed by atoms with E-state index in [-0.39, 0.29) is 18.0 Å². The molecule has 2 aromatic rings. The van der Waals surface area contributed by atoms with Crippen LogP contribution in [0.5, 0.6) is 0 Å². The van der Waals surface area contributed by atoms with E-state index in [1.807, 2.05) is 24.3 Å². The number of aromatic amines is 1. The van der Waals surface area contributed by atoms with Gasteiger partial charge >= 0.3 is 6.03 Å². The average molecular weight is 399 g/mol. The average Bonchev–Trinajstić information content (AvgIpc) is 3.22. The van der Waals surface area contributed by atoms with Crippen molar-refractivity contribution in [1.82, 2.24) is 25.8 Å². The lowest BCUT2D eigenvalue weighted by molar-refractivity contribution is -0.116. The second-order valence-corrected chi connectivity index (χ2v) is 7.27. The summed E-state index contributed by atoms with van der Waals surface area (Å²) in [4.78, 5) is 28.2. The molecule has 29 heavy (non-hydrogen) atoms. The molecule has 0 spiro atoms. The number of carbonyl (C=O) groups is 2. The molecule has 156 valence electrons. The monoisotopic (exact) mass is 399 g/mol. The van der Waals surface area contributed by atoms with Crippen molar-refractivity contribution < 1.29 is 9.59 Å². The molecule has 0 aliphatic heterocycles. The number of hydrogen-bond acceptors (Lipinski definition) is 5. The number of rotatable bonds is 8. The van der Waals surface area contributed by atoms with Crippen LogP contribution >= 0.6 is 0 Å². The van der Waals surface area contributed by atoms with E-state index in [0.717, 1.165) is 18.4 Å². The van der Waals surface area contributed by atoms with Crippen LogP contribution in [0, 0.1) is 0 Å². The number of nitrogens with one attached hydrogen (secondary N) is 4. The summed E-state index contributed by atoms with van der Waals surface area (Å²) in [6.45, 7) is 0.775. The van der Waals surface area contributed by atoms with Crippen LogP contribution in [0.3, 0.4) is 0 Å². The molecule has 1 heterocycles. The van der Waals surface area contributed by atoms with Crippen LogP contribution in [0.1, 0.15) is 50.8 Å². The number of anilines is 1. The molecule has 1 aromatic heterocycles. The maximum absolute atomic E-state index is 12.1. The van der Waals surface area contributed by atoms with E-state index in [0.29, 0.717) is 43.3 Å². The van der Waals surface area contributed by atoms with Gasteiger partial charge in [0.1, 0.15) is 5.82 Å². The van der Waals surface area contributed by atoms with Gasteiger partial charge in [-0.2, -0.15) is 5.10 Å². The molecular weight excluding hydrogens is 370 g/mol. The van der Waals surface area contributed by atoms with Crippen molar-refractivity contribution in [2.45, 2.75) is 57.5 Å². The highest BCUT2D eigenvalue weighted by molar-refractivity contribution is 5.90. The number of carbonyl (C=O) groups excluding carboxylic acids is 2. The Kier molecular flexibility index (Phi) is 7.57. The standard InChI is InChI=1S/C20H29N7O2/c21-13-17-25-19(27-26-17)14-8-10-16(11-9-14)23-18(28)7-4-12-22-20(29)24-15-5-2-1-3-6-15/h8-11,15H,1-7,12-13,21H2,(H,23,28)(H2,22,24,29)(H,25,26,27). The van der Waals surface area contributed by atoms with Crippen LogP contribution in [0.15, 0.2) is 24.3 Å². The van der Waals surface area contributed by atoms with Gasteiger partial charge in [0.15, 0.2) is 5.82 Å². The number of amides is 3. The van der Waals surface area contributed by atoms with Crippen LogP contribution in [-0.2, 0) is 11.3 Å². The highest BCUT2D eigenvalue weighted by Crippen LogP contribution is 2.18. The lowest BCUT2D eigenvalue weighted by Crippen LogP contribution is -2.43. The van der Waals surface area contributed by atoms with Crippen molar-refractivity contribution in [1.29, 1.82) is 0 Å². The van der Waals surface area contributed by atoms with Crippen molar-refractivity contribution in [3.63, 3.8) is 0 Å². The third-order valence-corrected chi connectivity index (χ3v) is 4.96. The second-order valence-electron chi connectivity index (χ2n) is 7.27. The van der Waals surface area contributed by atoms with E-state index in [1.54, 1.807) is 0 Å². The number of nitrogens with two attached hydrogens (primary N) is 1. The van der Waals surface area contributed by atoms with Crippen LogP contribution in [0.4, 0.5) is 10.5 Å². The Bertz CT molecular complexity index is 797. The number of hydrogen-bond donors (Lipinski definition) is 5. The van der Waals surface area contributed by atoms with Crippen LogP contribution < -0.4 is 21.7 Å². The normalized spacial score (nSPS) is 14.4. The van der Waals surface area contributed by atoms with Crippen molar-refractivity contribution in [2.75, 3.05) is 11.9 Å². The van der Waals surface area contributed by atoms with E-state index in [4.69, 9.17) is 5.73 Å². The van der Waals surface area contributed by atoms with Crippen molar-refractivity contribution in [2.24, 2.45) is 5.73 Å². The van der Waals surface area contributed by atoms with Gasteiger partial charge in [-0.25, -0.2) is 9.78 Å². The SMILES string of the molecule is NCc1nc(-c2ccc(NC(=O)CCCNC(=O)NC3CCCCC3)cc2)n[nH]1. The summed E-state index contributed by atoms with van der Waals surface area (Å²) < 4.78 is 0. The third-order valence-electron chi connectivity index (χ3n) is 4.96. The Labute approximate surface area is 170 Å². The summed E-state index contributed by atoms with van der Waals surface area (Å²) in [5.74, 6) is 1.11. The van der Waals surface area contributed by atoms with E-state index in [2.05, 4.69) is 31.1 Å². The first-order valence-corrected chi connectivity index (χ1v) is 10.2. The molecule has 1 saturated carbocycles. The summed E-state index contributed by atoms with van der Waals surface area (Å²) in [6, 6.07) is 7.45. The van der Waals surface area contributed by atoms with E-state index in [1.165, 1.54) is 19.3 Å². The maximum Gasteiger partial charge on any atom is 0.315 e. The Morgan fingerprint density at radius 2 is 1.90 bits per heavy atom. The van der Waals surface area contributed by atoms with Gasteiger partial charge in [0.05, 0.1) is 6.54 Å². The largest absolute Gasteiger partial charge is 0.338 e. The Balaban J connectivity index is 1.34. The molecule has 0 atom stereocenters. The Morgan fingerprint density at radius 1 is 1.14 bits per heavy atom. The molecular formula is C20H29N7O2. The molecule has 0 saturated heterocycles. The van der Waals surface area contributed by atoms with Gasteiger partial charge in [-0.15, -0.1) is 0 Å². The van der Waals surface area contributed by atoms with E-state index >= 15 is 0 Å². The minimum absolute atomic E-state index is 0.0875. The molecule has 1 fully saturated rings. The number of benzene rings is 1. The van der Waals surface area contributed by atoms with Gasteiger partial charge in [0.2, 0.25) is 5.91 Å². The number of nitrogens with zero attached hydrogens (tertiary/aromatic N) is 2. The first-order valence-electron chi connectivity index (χ1n) is 10.2. The molecule has 0 unspecified atom stereocenters. The first kappa shape index (κ1) is 20.8. The minimum Gasteiger partial charge on any atom is -0.338 e. The highest BCUT2D eigenvalue weighted by Gasteiger charge is 2.15. The lowest BCUT2D eigenvalue weighted by Gasteiger charge is -2.22. The van der Waals surface area contributed by atoms with Gasteiger partial charge in [-0.05, 0) is 43.5 Å². The topological polar surface area (TPSA) is 138 Å². The molecule has 6 N–H and O–H groups in total. The van der Waals surface area contributed by atoms with Crippen molar-refractivity contribution >= 4 is 17.6 Å². The van der Waals surface area contributed by atoms with Gasteiger partial charge < -0.3 is 21.7 Å². The second kappa shape index (κ2) is 10.6. The summed E-state index contributed by atoms with van der Waals surface area (Å²) in [7, 11) is 0. The fourth-order valence-electron chi connectivity index (χ4n) is 3.38. The zero-order valence-electron chi connectivity index (χ0n) is 16.5. The highest BCUT2D eigenvalue weighted by atomic mass is 16.2. The van der Waals surface area contributed by atoms with Crippen LogP contribution in [0.25, 0.3) is 11.4 Å². The predicted octanol–water partition coefficient (Wildman–Crippen LogP) is 2.28. The van der Waals surface area contributed by atoms with E-state index in [9.17, 15) is 9.59 Å². The molecule has 9 nitrogen and oxygen atoms in total. The zero-order valence-corrected chi connectivity index (χ0v) is 16.5. The number of H-pyrrole nitrogens is 1. The quantitative estimate of drug-likeness (QED) is 0.434. The van der Waals surface area contributed by atoms with E-state index < -0.39 is 0 Å². The van der Waals surface area contributed by atoms with Crippen molar-refractivity contribution in [3.05, 3.63) is 30.1 Å². The smallest absolute Gasteiger partial charge is 0.315 e. The number of aromatic nitrogens is 3. The molecule has 0 bridgehead atoms. The molecule has 1 aliphatic carbocycles. The van der Waals surface area contributed by atoms with Gasteiger partial charge in [-0.1, -0.05) is 19.3 Å². The molecule has 0 radical (unpaired) electrons. The zero-order chi connectivity index (χ0) is 20.5. The first-order chi connectivity index (χ1) is 14.1.